The van der Waals surface area contributed by atoms with E-state index in [0.717, 1.165) is 28.9 Å². The van der Waals surface area contributed by atoms with Crippen LogP contribution in [0.4, 0.5) is 11.4 Å². The first-order valence-corrected chi connectivity index (χ1v) is 35.0. The number of carbonyl (C=O) groups is 9. The molecule has 0 aromatic heterocycles. The molecule has 550 valence electrons. The molecule has 0 radical (unpaired) electrons. The Balaban J connectivity index is 0.613. The van der Waals surface area contributed by atoms with E-state index in [-0.39, 0.29) is 116 Å². The zero-order chi connectivity index (χ0) is 71.9. The van der Waals surface area contributed by atoms with E-state index in [2.05, 4.69) is 10.6 Å². The van der Waals surface area contributed by atoms with E-state index in [9.17, 15) is 43.2 Å². The first-order chi connectivity index (χ1) is 49.0. The van der Waals surface area contributed by atoms with Crippen molar-refractivity contribution in [3.8, 4) is 23.0 Å². The molecule has 3 aromatic rings. The first kappa shape index (κ1) is 78.4. The fourth-order valence-electron chi connectivity index (χ4n) is 12.0. The Morgan fingerprint density at radius 1 is 0.594 bits per heavy atom. The molecule has 0 aliphatic carbocycles. The highest BCUT2D eigenvalue weighted by Gasteiger charge is 2.39. The molecule has 27 nitrogen and oxygen atoms in total. The minimum absolute atomic E-state index is 0.0237. The third-order valence-corrected chi connectivity index (χ3v) is 17.5. The summed E-state index contributed by atoms with van der Waals surface area (Å²) < 4.78 is 67.8. The maximum absolute atomic E-state index is 14.1. The van der Waals surface area contributed by atoms with Crippen LogP contribution >= 0.6 is 0 Å². The Bertz CT molecular complexity index is 3370. The number of benzene rings is 3. The van der Waals surface area contributed by atoms with Crippen LogP contribution in [0, 0.1) is 11.8 Å². The SMILES string of the molecule is COc1cc2c(cc1OCCCCCOc1cc3c(cc1OC)C(=O)N1C=C(c4ccc(NC(=O)[C@H](C)CC(=O)[C@@H](NC(=O)CCOCCOCCOCCOCCOCCOCCOCCOCCCC(=O)CCN5C(=O)C=CC5=O)C(C)C)cc4)C[C@H]1C=N3)CC(=O)[C@@H]1CCCN1C2=O. The third kappa shape index (κ3) is 24.2. The van der Waals surface area contributed by atoms with Crippen molar-refractivity contribution in [2.75, 3.05) is 152 Å². The topological polar surface area (TPSA) is 311 Å². The zero-order valence-corrected chi connectivity index (χ0v) is 58.8. The van der Waals surface area contributed by atoms with Crippen LogP contribution in [0.5, 0.6) is 23.0 Å². The highest BCUT2D eigenvalue weighted by Crippen LogP contribution is 2.41. The van der Waals surface area contributed by atoms with Gasteiger partial charge in [-0.2, -0.15) is 0 Å². The standard InChI is InChI=1S/C74H98N6O21/c1-50(2)71(77-68(84)20-26-93-28-30-95-32-34-97-36-38-99-40-39-98-37-35-96-33-31-94-29-27-92-23-10-11-57(81)19-22-79-69(85)17-18-70(79)86)63(83)41-51(3)72(87)76-55-15-13-52(14-16-55)54-42-56-48-75-60-47-67(65(91-5)46-59(60)74(89)80(56)49-54)101-25-8-6-7-24-100-66-44-53-43-62(82)61-12-9-21-78(61)73(88)58(53)45-64(66)90-4/h13-18,44-51,56,61,71H,6-12,19-43H2,1-5H3,(H,76,87)(H,77,84)/t51-,56+,61+,71+/m1/s1. The van der Waals surface area contributed by atoms with Gasteiger partial charge in [-0.15, -0.1) is 0 Å². The van der Waals surface area contributed by atoms with Gasteiger partial charge in [0, 0.05) is 106 Å². The van der Waals surface area contributed by atoms with E-state index in [1.807, 2.05) is 32.2 Å². The van der Waals surface area contributed by atoms with E-state index in [4.69, 9.17) is 61.8 Å². The normalized spacial score (nSPS) is 16.8. The van der Waals surface area contributed by atoms with Gasteiger partial charge >= 0.3 is 0 Å². The van der Waals surface area contributed by atoms with Gasteiger partial charge in [0.05, 0.1) is 156 Å². The van der Waals surface area contributed by atoms with Gasteiger partial charge in [-0.1, -0.05) is 32.9 Å². The number of nitrogens with zero attached hydrogens (tertiary/aromatic N) is 4. The summed E-state index contributed by atoms with van der Waals surface area (Å²) in [5.74, 6) is -1.15. The van der Waals surface area contributed by atoms with Gasteiger partial charge in [-0.25, -0.2) is 0 Å². The number of anilines is 1. The Kier molecular flexibility index (Phi) is 32.3. The number of ether oxygens (including phenoxy) is 12. The number of hydrogen-bond acceptors (Lipinski definition) is 22. The number of amides is 6. The summed E-state index contributed by atoms with van der Waals surface area (Å²) in [5, 5.41) is 5.74. The molecular weight excluding hydrogens is 1310 g/mol. The first-order valence-electron chi connectivity index (χ1n) is 35.0. The van der Waals surface area contributed by atoms with Gasteiger partial charge in [0.25, 0.3) is 23.6 Å². The van der Waals surface area contributed by atoms with Crippen LogP contribution in [0.1, 0.15) is 123 Å². The Morgan fingerprint density at radius 3 is 1.72 bits per heavy atom. The third-order valence-electron chi connectivity index (χ3n) is 17.5. The number of fused-ring (bicyclic) bond motifs is 4. The van der Waals surface area contributed by atoms with Crippen LogP contribution in [-0.4, -0.2) is 238 Å². The van der Waals surface area contributed by atoms with E-state index in [1.54, 1.807) is 59.3 Å². The molecule has 8 rings (SSSR count). The van der Waals surface area contributed by atoms with Gasteiger partial charge < -0.3 is 77.3 Å². The fraction of sp³-hybridized carbons (Fsp3) is 0.568. The quantitative estimate of drug-likeness (QED) is 0.0429. The molecule has 2 N–H and O–H groups in total. The lowest BCUT2D eigenvalue weighted by Gasteiger charge is -2.23. The maximum atomic E-state index is 14.1. The van der Waals surface area contributed by atoms with E-state index in [0.29, 0.717) is 202 Å². The number of rotatable bonds is 49. The summed E-state index contributed by atoms with van der Waals surface area (Å²) in [6, 6.07) is 12.6. The molecule has 5 heterocycles. The second-order valence-electron chi connectivity index (χ2n) is 25.3. The Hall–Kier alpha value is -8.28. The number of aliphatic imine (C=N–C) groups is 1. The Morgan fingerprint density at radius 2 is 1.15 bits per heavy atom. The lowest BCUT2D eigenvalue weighted by atomic mass is 9.92. The monoisotopic (exact) mass is 1410 g/mol. The van der Waals surface area contributed by atoms with Crippen molar-refractivity contribution < 1.29 is 100.0 Å². The predicted molar refractivity (Wildman–Crippen MR) is 371 cm³/mol. The van der Waals surface area contributed by atoms with Gasteiger partial charge in [0.2, 0.25) is 11.8 Å². The highest BCUT2D eigenvalue weighted by molar-refractivity contribution is 6.13. The van der Waals surface area contributed by atoms with Crippen molar-refractivity contribution in [2.45, 2.75) is 116 Å². The highest BCUT2D eigenvalue weighted by atomic mass is 16.6. The van der Waals surface area contributed by atoms with E-state index < -0.39 is 12.0 Å². The molecular formula is C74H98N6O21. The number of methoxy groups -OCH3 is 2. The van der Waals surface area contributed by atoms with Crippen LogP contribution < -0.4 is 29.6 Å². The molecule has 101 heavy (non-hydrogen) atoms. The van der Waals surface area contributed by atoms with E-state index in [1.165, 1.54) is 26.4 Å². The van der Waals surface area contributed by atoms with Crippen molar-refractivity contribution in [3.05, 3.63) is 89.1 Å². The molecule has 1 fully saturated rings. The number of carbonyl (C=O) groups excluding carboxylic acids is 9. The van der Waals surface area contributed by atoms with Gasteiger partial charge in [-0.05, 0) is 91.5 Å². The number of unbranched alkanes of at least 4 members (excludes halogenated alkanes) is 2. The summed E-state index contributed by atoms with van der Waals surface area (Å²) in [5.41, 5.74) is 4.30. The zero-order valence-electron chi connectivity index (χ0n) is 58.8. The lowest BCUT2D eigenvalue weighted by Crippen LogP contribution is -2.45. The second-order valence-corrected chi connectivity index (χ2v) is 25.3. The average molecular weight is 1410 g/mol. The minimum atomic E-state index is -0.786. The molecule has 0 spiro atoms. The molecule has 0 bridgehead atoms. The van der Waals surface area contributed by atoms with Crippen LogP contribution in [-0.2, 0) is 77.9 Å². The predicted octanol–water partition coefficient (Wildman–Crippen LogP) is 6.90. The van der Waals surface area contributed by atoms with Gasteiger partial charge in [-0.3, -0.25) is 53.0 Å². The summed E-state index contributed by atoms with van der Waals surface area (Å²) >= 11 is 0. The summed E-state index contributed by atoms with van der Waals surface area (Å²) in [6.07, 6.45) is 11.4. The maximum Gasteiger partial charge on any atom is 0.260 e. The number of ketones is 3. The van der Waals surface area contributed by atoms with Crippen molar-refractivity contribution in [1.29, 1.82) is 0 Å². The van der Waals surface area contributed by atoms with Crippen molar-refractivity contribution in [3.63, 3.8) is 0 Å². The molecule has 1 saturated heterocycles. The molecule has 4 atom stereocenters. The van der Waals surface area contributed by atoms with Crippen LogP contribution in [0.2, 0.25) is 0 Å². The summed E-state index contributed by atoms with van der Waals surface area (Å²) in [6.45, 7) is 12.8. The molecule has 27 heteroatoms. The molecule has 6 amide bonds. The number of Topliss-reactive ketones (excluding diaryl/α,β-unsaturated/α-hetero) is 3. The molecule has 5 aliphatic rings. The van der Waals surface area contributed by atoms with Gasteiger partial charge in [0.15, 0.2) is 34.6 Å². The number of imide groups is 1. The fourth-order valence-corrected chi connectivity index (χ4v) is 12.0. The smallest absolute Gasteiger partial charge is 0.260 e. The Labute approximate surface area is 590 Å². The van der Waals surface area contributed by atoms with Crippen LogP contribution in [0.3, 0.4) is 0 Å². The second kappa shape index (κ2) is 41.6. The van der Waals surface area contributed by atoms with Crippen molar-refractivity contribution in [2.24, 2.45) is 16.8 Å². The average Bonchev–Trinajstić information content (AvgIpc) is 1.71. The lowest BCUT2D eigenvalue weighted by molar-refractivity contribution is -0.137. The van der Waals surface area contributed by atoms with Crippen LogP contribution in [0.25, 0.3) is 5.57 Å². The largest absolute Gasteiger partial charge is 0.493 e. The molecule has 0 saturated carbocycles. The van der Waals surface area contributed by atoms with E-state index >= 15 is 0 Å². The summed E-state index contributed by atoms with van der Waals surface area (Å²) in [4.78, 5) is 124. The van der Waals surface area contributed by atoms with Gasteiger partial charge in [0.1, 0.15) is 5.78 Å². The van der Waals surface area contributed by atoms with Crippen LogP contribution in [0.15, 0.2) is 71.9 Å². The molecule has 3 aromatic carbocycles. The molecule has 0 unspecified atom stereocenters. The van der Waals surface area contributed by atoms with Crippen molar-refractivity contribution in [1.82, 2.24) is 20.0 Å². The number of hydrogen-bond donors (Lipinski definition) is 2. The van der Waals surface area contributed by atoms with Crippen molar-refractivity contribution >= 4 is 76.0 Å². The summed E-state index contributed by atoms with van der Waals surface area (Å²) in [7, 11) is 3.06. The minimum Gasteiger partial charge on any atom is -0.493 e. The number of nitrogens with one attached hydrogen (secondary N) is 2. The molecule has 5 aliphatic heterocycles.